The van der Waals surface area contributed by atoms with E-state index in [-0.39, 0.29) is 12.5 Å². The summed E-state index contributed by atoms with van der Waals surface area (Å²) >= 11 is 12.7. The van der Waals surface area contributed by atoms with Crippen molar-refractivity contribution in [1.29, 1.82) is 0 Å². The number of rotatable bonds is 10. The van der Waals surface area contributed by atoms with E-state index in [1.807, 2.05) is 26.0 Å². The fourth-order valence-corrected chi connectivity index (χ4v) is 5.20. The molecule has 1 aliphatic heterocycles. The molecular formula is C30H29Cl2N5O5. The average molecular weight is 610 g/mol. The van der Waals surface area contributed by atoms with Crippen LogP contribution in [-0.2, 0) is 11.4 Å². The Morgan fingerprint density at radius 3 is 2.48 bits per heavy atom. The van der Waals surface area contributed by atoms with Crippen molar-refractivity contribution in [3.05, 3.63) is 93.4 Å². The van der Waals surface area contributed by atoms with Crippen LogP contribution in [0.25, 0.3) is 0 Å². The molecule has 0 spiro atoms. The number of nitrogens with one attached hydrogen (secondary N) is 2. The lowest BCUT2D eigenvalue weighted by Gasteiger charge is -2.29. The maximum absolute atomic E-state index is 13.9. The first-order chi connectivity index (χ1) is 20.3. The SMILES string of the molecule is CCOc1cc([C@@H]2C(C(=O)Nc3cc(OC)ccc3OC)=C(C)Nc3ncnn32)ccc1OCc1c(Cl)cccc1Cl. The van der Waals surface area contributed by atoms with Gasteiger partial charge in [0.2, 0.25) is 5.95 Å². The number of hydrogen-bond donors (Lipinski definition) is 2. The highest BCUT2D eigenvalue weighted by Crippen LogP contribution is 2.40. The van der Waals surface area contributed by atoms with Crippen molar-refractivity contribution >= 4 is 40.7 Å². The first kappa shape index (κ1) is 29.1. The van der Waals surface area contributed by atoms with Gasteiger partial charge in [0, 0.05) is 27.4 Å². The Balaban J connectivity index is 1.51. The Labute approximate surface area is 253 Å². The number of anilines is 2. The van der Waals surface area contributed by atoms with Gasteiger partial charge in [-0.05, 0) is 55.8 Å². The maximum atomic E-state index is 13.9. The minimum absolute atomic E-state index is 0.146. The number of hydrogen-bond acceptors (Lipinski definition) is 8. The first-order valence-electron chi connectivity index (χ1n) is 13.1. The summed E-state index contributed by atoms with van der Waals surface area (Å²) in [5, 5.41) is 11.6. The molecule has 0 fully saturated rings. The summed E-state index contributed by atoms with van der Waals surface area (Å²) in [6.45, 7) is 4.24. The van der Waals surface area contributed by atoms with Crippen molar-refractivity contribution in [1.82, 2.24) is 14.8 Å². The molecule has 2 N–H and O–H groups in total. The summed E-state index contributed by atoms with van der Waals surface area (Å²) in [5.74, 6) is 2.19. The van der Waals surface area contributed by atoms with Crippen LogP contribution in [0.15, 0.2) is 72.2 Å². The molecule has 42 heavy (non-hydrogen) atoms. The zero-order chi connectivity index (χ0) is 29.8. The standard InChI is InChI=1S/C30H29Cl2N5O5/c1-5-41-26-13-18(9-11-25(26)42-15-20-21(31)7-6-8-22(20)32)28-27(17(2)35-30-33-16-34-37(28)30)29(38)36-23-14-19(39-3)10-12-24(23)40-4/h6-14,16,28H,5,15H2,1-4H3,(H,36,38)(H,33,34,35)/t28-/m1/s1. The van der Waals surface area contributed by atoms with Crippen LogP contribution >= 0.6 is 23.2 Å². The summed E-state index contributed by atoms with van der Waals surface area (Å²) in [5.41, 5.74) is 2.91. The van der Waals surface area contributed by atoms with E-state index in [0.29, 0.717) is 68.1 Å². The smallest absolute Gasteiger partial charge is 0.255 e. The summed E-state index contributed by atoms with van der Waals surface area (Å²) < 4.78 is 24.5. The maximum Gasteiger partial charge on any atom is 0.255 e. The topological polar surface area (TPSA) is 109 Å². The highest BCUT2D eigenvalue weighted by molar-refractivity contribution is 6.35. The molecule has 0 saturated heterocycles. The minimum atomic E-state index is -0.633. The second-order valence-electron chi connectivity index (χ2n) is 9.24. The largest absolute Gasteiger partial charge is 0.497 e. The first-order valence-corrected chi connectivity index (χ1v) is 13.8. The molecule has 4 aromatic rings. The zero-order valence-corrected chi connectivity index (χ0v) is 24.9. The van der Waals surface area contributed by atoms with E-state index in [1.54, 1.807) is 54.3 Å². The van der Waals surface area contributed by atoms with Crippen LogP contribution in [0.1, 0.15) is 31.0 Å². The monoisotopic (exact) mass is 609 g/mol. The van der Waals surface area contributed by atoms with E-state index in [4.69, 9.17) is 42.1 Å². The third kappa shape index (κ3) is 5.81. The van der Waals surface area contributed by atoms with E-state index in [9.17, 15) is 4.79 Å². The highest BCUT2D eigenvalue weighted by atomic mass is 35.5. The van der Waals surface area contributed by atoms with E-state index < -0.39 is 6.04 Å². The van der Waals surface area contributed by atoms with Crippen LogP contribution in [-0.4, -0.2) is 41.5 Å². The normalized spacial score (nSPS) is 14.1. The number of benzene rings is 3. The van der Waals surface area contributed by atoms with Crippen molar-refractivity contribution < 1.29 is 23.7 Å². The van der Waals surface area contributed by atoms with E-state index in [2.05, 4.69) is 20.7 Å². The third-order valence-electron chi connectivity index (χ3n) is 6.71. The number of aromatic nitrogens is 3. The number of carbonyl (C=O) groups is 1. The number of carbonyl (C=O) groups excluding carboxylic acids is 1. The molecule has 0 unspecified atom stereocenters. The van der Waals surface area contributed by atoms with Crippen molar-refractivity contribution in [3.8, 4) is 23.0 Å². The molecule has 0 aliphatic carbocycles. The molecule has 3 aromatic carbocycles. The predicted molar refractivity (Wildman–Crippen MR) is 161 cm³/mol. The fourth-order valence-electron chi connectivity index (χ4n) is 4.70. The fraction of sp³-hybridized carbons (Fsp3) is 0.233. The van der Waals surface area contributed by atoms with Gasteiger partial charge in [-0.1, -0.05) is 35.3 Å². The molecule has 0 bridgehead atoms. The van der Waals surface area contributed by atoms with E-state index >= 15 is 0 Å². The Morgan fingerprint density at radius 2 is 1.76 bits per heavy atom. The zero-order valence-electron chi connectivity index (χ0n) is 23.4. The van der Waals surface area contributed by atoms with Crippen LogP contribution in [0.4, 0.5) is 11.6 Å². The van der Waals surface area contributed by atoms with Gasteiger partial charge in [-0.3, -0.25) is 4.79 Å². The molecule has 12 heteroatoms. The van der Waals surface area contributed by atoms with Gasteiger partial charge < -0.3 is 29.6 Å². The van der Waals surface area contributed by atoms with Gasteiger partial charge in [-0.2, -0.15) is 10.1 Å². The van der Waals surface area contributed by atoms with E-state index in [0.717, 1.165) is 5.56 Å². The van der Waals surface area contributed by atoms with Crippen LogP contribution < -0.4 is 29.6 Å². The molecule has 0 radical (unpaired) electrons. The van der Waals surface area contributed by atoms with Crippen molar-refractivity contribution in [2.24, 2.45) is 0 Å². The Hall–Kier alpha value is -4.41. The molecular weight excluding hydrogens is 581 g/mol. The number of nitrogens with zero attached hydrogens (tertiary/aromatic N) is 3. The van der Waals surface area contributed by atoms with Gasteiger partial charge in [-0.15, -0.1) is 0 Å². The quantitative estimate of drug-likeness (QED) is 0.209. The van der Waals surface area contributed by atoms with Crippen LogP contribution in [0.5, 0.6) is 23.0 Å². The second kappa shape index (κ2) is 12.6. The third-order valence-corrected chi connectivity index (χ3v) is 7.42. The lowest BCUT2D eigenvalue weighted by atomic mass is 9.94. The van der Waals surface area contributed by atoms with Crippen molar-refractivity contribution in [3.63, 3.8) is 0 Å². The second-order valence-corrected chi connectivity index (χ2v) is 10.1. The van der Waals surface area contributed by atoms with E-state index in [1.165, 1.54) is 13.4 Å². The lowest BCUT2D eigenvalue weighted by Crippen LogP contribution is -2.31. The van der Waals surface area contributed by atoms with Gasteiger partial charge in [-0.25, -0.2) is 4.68 Å². The lowest BCUT2D eigenvalue weighted by molar-refractivity contribution is -0.113. The Kier molecular flexibility index (Phi) is 8.75. The highest BCUT2D eigenvalue weighted by Gasteiger charge is 2.34. The molecule has 5 rings (SSSR count). The number of fused-ring (bicyclic) bond motifs is 1. The number of halogens is 2. The van der Waals surface area contributed by atoms with Crippen molar-refractivity contribution in [2.75, 3.05) is 31.5 Å². The van der Waals surface area contributed by atoms with Gasteiger partial charge in [0.1, 0.15) is 30.5 Å². The summed E-state index contributed by atoms with van der Waals surface area (Å²) in [6.07, 6.45) is 1.43. The number of ether oxygens (including phenoxy) is 4. The Bertz CT molecular complexity index is 1630. The van der Waals surface area contributed by atoms with Crippen LogP contribution in [0.3, 0.4) is 0 Å². The molecule has 1 amide bonds. The number of amides is 1. The van der Waals surface area contributed by atoms with Gasteiger partial charge in [0.15, 0.2) is 11.5 Å². The molecule has 218 valence electrons. The molecule has 0 saturated carbocycles. The summed E-state index contributed by atoms with van der Waals surface area (Å²) in [7, 11) is 3.09. The minimum Gasteiger partial charge on any atom is -0.497 e. The van der Waals surface area contributed by atoms with Crippen LogP contribution in [0, 0.1) is 0 Å². The van der Waals surface area contributed by atoms with Gasteiger partial charge in [0.05, 0.1) is 32.1 Å². The molecule has 1 aliphatic rings. The Morgan fingerprint density at radius 1 is 1.00 bits per heavy atom. The van der Waals surface area contributed by atoms with Gasteiger partial charge >= 0.3 is 0 Å². The van der Waals surface area contributed by atoms with Crippen molar-refractivity contribution in [2.45, 2.75) is 26.5 Å². The number of allylic oxidation sites excluding steroid dienone is 1. The van der Waals surface area contributed by atoms with Gasteiger partial charge in [0.25, 0.3) is 5.91 Å². The predicted octanol–water partition coefficient (Wildman–Crippen LogP) is 6.51. The molecule has 1 atom stereocenters. The average Bonchev–Trinajstić information content (AvgIpc) is 3.45. The molecule has 2 heterocycles. The molecule has 1 aromatic heterocycles. The summed E-state index contributed by atoms with van der Waals surface area (Å²) in [6, 6.07) is 15.3. The molecule has 10 nitrogen and oxygen atoms in total. The summed E-state index contributed by atoms with van der Waals surface area (Å²) in [4.78, 5) is 18.2. The van der Waals surface area contributed by atoms with Crippen LogP contribution in [0.2, 0.25) is 10.0 Å². The number of methoxy groups -OCH3 is 2.